The summed E-state index contributed by atoms with van der Waals surface area (Å²) in [6.45, 7) is 0. The van der Waals surface area contributed by atoms with Gasteiger partial charge in [0.2, 0.25) is 10.0 Å². The second-order valence-electron chi connectivity index (χ2n) is 5.23. The van der Waals surface area contributed by atoms with Crippen LogP contribution in [0.3, 0.4) is 0 Å². The molecule has 0 aliphatic heterocycles. The van der Waals surface area contributed by atoms with Crippen molar-refractivity contribution in [2.45, 2.75) is 49.5 Å². The van der Waals surface area contributed by atoms with Gasteiger partial charge in [0, 0.05) is 11.6 Å². The SMILES string of the molecule is NS(=O)(=O)c1ccc(C(=O)NC2CCCCCC2)cc1. The first-order valence-electron chi connectivity index (χ1n) is 6.90. The molecule has 1 amide bonds. The molecule has 0 atom stereocenters. The first-order valence-corrected chi connectivity index (χ1v) is 8.45. The van der Waals surface area contributed by atoms with E-state index in [1.54, 1.807) is 0 Å². The molecule has 1 aliphatic rings. The standard InChI is InChI=1S/C14H20N2O3S/c15-20(18,19)13-9-7-11(8-10-13)14(17)16-12-5-3-1-2-4-6-12/h7-10,12H,1-6H2,(H,16,17)(H2,15,18,19). The Morgan fingerprint density at radius 2 is 1.60 bits per heavy atom. The molecule has 1 fully saturated rings. The van der Waals surface area contributed by atoms with E-state index in [0.29, 0.717) is 5.56 Å². The van der Waals surface area contributed by atoms with Gasteiger partial charge in [-0.15, -0.1) is 0 Å². The van der Waals surface area contributed by atoms with Gasteiger partial charge in [-0.2, -0.15) is 0 Å². The lowest BCUT2D eigenvalue weighted by Crippen LogP contribution is -2.34. The Balaban J connectivity index is 2.02. The average molecular weight is 296 g/mol. The van der Waals surface area contributed by atoms with Crippen molar-refractivity contribution in [2.75, 3.05) is 0 Å². The van der Waals surface area contributed by atoms with E-state index in [0.717, 1.165) is 25.7 Å². The van der Waals surface area contributed by atoms with Gasteiger partial charge in [-0.3, -0.25) is 4.79 Å². The van der Waals surface area contributed by atoms with Crippen molar-refractivity contribution in [1.29, 1.82) is 0 Å². The van der Waals surface area contributed by atoms with Crippen molar-refractivity contribution in [3.05, 3.63) is 29.8 Å². The van der Waals surface area contributed by atoms with Crippen LogP contribution in [-0.4, -0.2) is 20.4 Å². The van der Waals surface area contributed by atoms with Gasteiger partial charge in [0.25, 0.3) is 5.91 Å². The van der Waals surface area contributed by atoms with Gasteiger partial charge in [0.05, 0.1) is 4.90 Å². The molecule has 0 saturated heterocycles. The number of hydrogen-bond acceptors (Lipinski definition) is 3. The van der Waals surface area contributed by atoms with E-state index in [4.69, 9.17) is 5.14 Å². The maximum atomic E-state index is 12.1. The van der Waals surface area contributed by atoms with Crippen molar-refractivity contribution < 1.29 is 13.2 Å². The molecule has 5 nitrogen and oxygen atoms in total. The quantitative estimate of drug-likeness (QED) is 0.833. The van der Waals surface area contributed by atoms with Crippen LogP contribution in [0, 0.1) is 0 Å². The van der Waals surface area contributed by atoms with Crippen LogP contribution >= 0.6 is 0 Å². The molecule has 6 heteroatoms. The highest BCUT2D eigenvalue weighted by Gasteiger charge is 2.16. The smallest absolute Gasteiger partial charge is 0.251 e. The molecule has 0 heterocycles. The molecule has 3 N–H and O–H groups in total. The number of carbonyl (C=O) groups excluding carboxylic acids is 1. The number of nitrogens with one attached hydrogen (secondary N) is 1. The van der Waals surface area contributed by atoms with Gasteiger partial charge in [-0.05, 0) is 37.1 Å². The number of carbonyl (C=O) groups is 1. The highest BCUT2D eigenvalue weighted by Crippen LogP contribution is 2.18. The molecule has 110 valence electrons. The van der Waals surface area contributed by atoms with Crippen LogP contribution in [0.4, 0.5) is 0 Å². The minimum absolute atomic E-state index is 0.0171. The summed E-state index contributed by atoms with van der Waals surface area (Å²) in [5.74, 6) is -0.155. The van der Waals surface area contributed by atoms with E-state index in [1.165, 1.54) is 37.1 Å². The summed E-state index contributed by atoms with van der Waals surface area (Å²) >= 11 is 0. The number of hydrogen-bond donors (Lipinski definition) is 2. The molecule has 1 aromatic carbocycles. The zero-order valence-corrected chi connectivity index (χ0v) is 12.2. The minimum atomic E-state index is -3.71. The summed E-state index contributed by atoms with van der Waals surface area (Å²) in [6, 6.07) is 5.93. The summed E-state index contributed by atoms with van der Waals surface area (Å²) in [7, 11) is -3.71. The van der Waals surface area contributed by atoms with E-state index in [9.17, 15) is 13.2 Å². The van der Waals surface area contributed by atoms with Gasteiger partial charge in [0.15, 0.2) is 0 Å². The molecule has 0 bridgehead atoms. The molecule has 0 aromatic heterocycles. The molecule has 0 radical (unpaired) electrons. The average Bonchev–Trinajstić information content (AvgIpc) is 2.66. The Morgan fingerprint density at radius 3 is 2.10 bits per heavy atom. The molecular formula is C14H20N2O3S. The summed E-state index contributed by atoms with van der Waals surface area (Å²) in [6.07, 6.45) is 6.79. The van der Waals surface area contributed by atoms with Crippen molar-refractivity contribution in [2.24, 2.45) is 5.14 Å². The summed E-state index contributed by atoms with van der Waals surface area (Å²) in [5, 5.41) is 8.04. The summed E-state index contributed by atoms with van der Waals surface area (Å²) in [4.78, 5) is 12.1. The highest BCUT2D eigenvalue weighted by molar-refractivity contribution is 7.89. The molecule has 1 aromatic rings. The normalized spacial score (nSPS) is 17.4. The summed E-state index contributed by atoms with van der Waals surface area (Å²) in [5.41, 5.74) is 0.460. The number of amides is 1. The highest BCUT2D eigenvalue weighted by atomic mass is 32.2. The molecule has 0 unspecified atom stereocenters. The molecular weight excluding hydrogens is 276 g/mol. The van der Waals surface area contributed by atoms with Crippen molar-refractivity contribution in [3.63, 3.8) is 0 Å². The van der Waals surface area contributed by atoms with Gasteiger partial charge in [-0.25, -0.2) is 13.6 Å². The van der Waals surface area contributed by atoms with E-state index >= 15 is 0 Å². The molecule has 2 rings (SSSR count). The van der Waals surface area contributed by atoms with Gasteiger partial charge < -0.3 is 5.32 Å². The Kier molecular flexibility index (Phi) is 4.77. The van der Waals surface area contributed by atoms with Crippen molar-refractivity contribution >= 4 is 15.9 Å². The zero-order valence-electron chi connectivity index (χ0n) is 11.3. The first kappa shape index (κ1) is 15.0. The van der Waals surface area contributed by atoms with E-state index < -0.39 is 10.0 Å². The van der Waals surface area contributed by atoms with Gasteiger partial charge in [-0.1, -0.05) is 25.7 Å². The lowest BCUT2D eigenvalue weighted by molar-refractivity contribution is 0.0933. The van der Waals surface area contributed by atoms with Gasteiger partial charge >= 0.3 is 0 Å². The van der Waals surface area contributed by atoms with Crippen molar-refractivity contribution in [1.82, 2.24) is 5.32 Å². The third-order valence-corrected chi connectivity index (χ3v) is 4.56. The number of rotatable bonds is 3. The second-order valence-corrected chi connectivity index (χ2v) is 6.79. The van der Waals surface area contributed by atoms with Crippen LogP contribution in [-0.2, 0) is 10.0 Å². The number of nitrogens with two attached hydrogens (primary N) is 1. The monoisotopic (exact) mass is 296 g/mol. The number of primary sulfonamides is 1. The Bertz CT molecular complexity index is 559. The van der Waals surface area contributed by atoms with Crippen LogP contribution in [0.2, 0.25) is 0 Å². The lowest BCUT2D eigenvalue weighted by atomic mass is 10.1. The van der Waals surface area contributed by atoms with Crippen LogP contribution in [0.1, 0.15) is 48.9 Å². The fraction of sp³-hybridized carbons (Fsp3) is 0.500. The largest absolute Gasteiger partial charge is 0.349 e. The molecule has 1 saturated carbocycles. The Labute approximate surface area is 119 Å². The fourth-order valence-electron chi connectivity index (χ4n) is 2.49. The van der Waals surface area contributed by atoms with Crippen molar-refractivity contribution in [3.8, 4) is 0 Å². The maximum Gasteiger partial charge on any atom is 0.251 e. The number of sulfonamides is 1. The summed E-state index contributed by atoms with van der Waals surface area (Å²) < 4.78 is 22.3. The van der Waals surface area contributed by atoms with Crippen LogP contribution in [0.25, 0.3) is 0 Å². The minimum Gasteiger partial charge on any atom is -0.349 e. The fourth-order valence-corrected chi connectivity index (χ4v) is 3.00. The van der Waals surface area contributed by atoms with E-state index in [-0.39, 0.29) is 16.8 Å². The Morgan fingerprint density at radius 1 is 1.05 bits per heavy atom. The van der Waals surface area contributed by atoms with E-state index in [1.807, 2.05) is 0 Å². The third kappa shape index (κ3) is 4.05. The first-order chi connectivity index (χ1) is 9.47. The van der Waals surface area contributed by atoms with Crippen LogP contribution < -0.4 is 10.5 Å². The van der Waals surface area contributed by atoms with Gasteiger partial charge in [0.1, 0.15) is 0 Å². The third-order valence-electron chi connectivity index (χ3n) is 3.64. The molecule has 1 aliphatic carbocycles. The second kappa shape index (κ2) is 6.37. The van der Waals surface area contributed by atoms with Crippen LogP contribution in [0.15, 0.2) is 29.2 Å². The topological polar surface area (TPSA) is 89.3 Å². The van der Waals surface area contributed by atoms with Crippen LogP contribution in [0.5, 0.6) is 0 Å². The molecule has 20 heavy (non-hydrogen) atoms. The predicted molar refractivity (Wildman–Crippen MR) is 76.8 cm³/mol. The van der Waals surface area contributed by atoms with E-state index in [2.05, 4.69) is 5.32 Å². The Hall–Kier alpha value is -1.40. The lowest BCUT2D eigenvalue weighted by Gasteiger charge is -2.16. The maximum absolute atomic E-state index is 12.1. The zero-order chi connectivity index (χ0) is 14.6. The number of benzene rings is 1. The predicted octanol–water partition coefficient (Wildman–Crippen LogP) is 1.79. The molecule has 0 spiro atoms.